The third-order valence-corrected chi connectivity index (χ3v) is 5.53. The van der Waals surface area contributed by atoms with Crippen LogP contribution in [0.5, 0.6) is 0 Å². The highest BCUT2D eigenvalue weighted by Gasteiger charge is 2.57. The lowest BCUT2D eigenvalue weighted by molar-refractivity contribution is -0.152. The van der Waals surface area contributed by atoms with E-state index in [4.69, 9.17) is 15.2 Å². The monoisotopic (exact) mass is 423 g/mol. The van der Waals surface area contributed by atoms with E-state index in [0.29, 0.717) is 5.52 Å². The summed E-state index contributed by atoms with van der Waals surface area (Å²) in [4.78, 5) is 16.3. The number of aromatic nitrogens is 3. The van der Waals surface area contributed by atoms with Gasteiger partial charge >= 0.3 is 5.97 Å². The van der Waals surface area contributed by atoms with Gasteiger partial charge in [-0.1, -0.05) is 30.3 Å². The molecule has 0 aliphatic carbocycles. The first-order valence-corrected chi connectivity index (χ1v) is 9.64. The largest absolute Gasteiger partial charge is 0.462 e. The second-order valence-corrected chi connectivity index (χ2v) is 7.36. The van der Waals surface area contributed by atoms with E-state index in [1.807, 2.05) is 36.4 Å². The molecule has 1 aliphatic rings. The molecule has 4 N–H and O–H groups in total. The number of esters is 1. The van der Waals surface area contributed by atoms with Crippen molar-refractivity contribution in [2.75, 3.05) is 12.3 Å². The average Bonchev–Trinajstić information content (AvgIpc) is 3.34. The van der Waals surface area contributed by atoms with Crippen LogP contribution in [-0.2, 0) is 19.9 Å². The minimum absolute atomic E-state index is 0.178. The Morgan fingerprint density at radius 1 is 1.35 bits per heavy atom. The number of carbonyl (C=O) groups excluding carboxylic acids is 1. The lowest BCUT2D eigenvalue weighted by Crippen LogP contribution is -2.41. The number of anilines is 1. The van der Waals surface area contributed by atoms with Crippen molar-refractivity contribution in [1.29, 1.82) is 5.26 Å². The molecule has 3 heterocycles. The Morgan fingerprint density at radius 3 is 2.81 bits per heavy atom. The smallest absolute Gasteiger partial charge is 0.313 e. The molecule has 0 unspecified atom stereocenters. The number of hydrogen-bond donors (Lipinski definition) is 3. The summed E-state index contributed by atoms with van der Waals surface area (Å²) < 4.78 is 12.4. The zero-order chi connectivity index (χ0) is 22.2. The number of nitrogens with zero attached hydrogens (tertiary/aromatic N) is 4. The van der Waals surface area contributed by atoms with Crippen LogP contribution in [0.1, 0.15) is 24.1 Å². The van der Waals surface area contributed by atoms with Crippen LogP contribution in [0.2, 0.25) is 0 Å². The zero-order valence-electron chi connectivity index (χ0n) is 16.6. The number of fused-ring (bicyclic) bond motifs is 1. The highest BCUT2D eigenvalue weighted by atomic mass is 16.6. The van der Waals surface area contributed by atoms with E-state index in [2.05, 4.69) is 10.1 Å². The molecule has 10 heteroatoms. The summed E-state index contributed by atoms with van der Waals surface area (Å²) in [6, 6.07) is 14.1. The van der Waals surface area contributed by atoms with Crippen LogP contribution in [0.4, 0.5) is 5.82 Å². The van der Waals surface area contributed by atoms with Crippen LogP contribution in [0.15, 0.2) is 48.8 Å². The fourth-order valence-corrected chi connectivity index (χ4v) is 3.72. The van der Waals surface area contributed by atoms with Crippen molar-refractivity contribution in [3.63, 3.8) is 0 Å². The molecule has 0 radical (unpaired) electrons. The van der Waals surface area contributed by atoms with Gasteiger partial charge in [-0.3, -0.25) is 4.79 Å². The Labute approximate surface area is 177 Å². The second kappa shape index (κ2) is 7.96. The van der Waals surface area contributed by atoms with Gasteiger partial charge in [-0.05, 0) is 24.6 Å². The molecule has 0 spiro atoms. The van der Waals surface area contributed by atoms with Crippen molar-refractivity contribution in [1.82, 2.24) is 14.6 Å². The minimum atomic E-state index is -1.94. The SMILES string of the molecule is C[C@H](C(=O)OC[C@H]1O[C@@](C#N)(c2ccc3c(N)ncnn23)[C@H](O)[C@@H]1O)c1ccccc1. The number of aliphatic hydroxyl groups excluding tert-OH is 2. The fraction of sp³-hybridized carbons (Fsp3) is 0.333. The summed E-state index contributed by atoms with van der Waals surface area (Å²) in [5, 5.41) is 35.2. The molecule has 0 amide bonds. The number of ether oxygens (including phenoxy) is 2. The van der Waals surface area contributed by atoms with Gasteiger partial charge in [0, 0.05) is 0 Å². The van der Waals surface area contributed by atoms with Crippen LogP contribution in [-0.4, -0.2) is 55.7 Å². The summed E-state index contributed by atoms with van der Waals surface area (Å²) in [6.45, 7) is 1.37. The van der Waals surface area contributed by atoms with Gasteiger partial charge < -0.3 is 25.4 Å². The number of hydrogen-bond acceptors (Lipinski definition) is 9. The Hall–Kier alpha value is -3.52. The minimum Gasteiger partial charge on any atom is -0.462 e. The van der Waals surface area contributed by atoms with Crippen LogP contribution < -0.4 is 5.73 Å². The van der Waals surface area contributed by atoms with Gasteiger partial charge in [-0.15, -0.1) is 0 Å². The third kappa shape index (κ3) is 3.38. The summed E-state index contributed by atoms with van der Waals surface area (Å²) >= 11 is 0. The molecule has 5 atom stereocenters. The first-order valence-electron chi connectivity index (χ1n) is 9.64. The van der Waals surface area contributed by atoms with E-state index < -0.39 is 35.8 Å². The van der Waals surface area contributed by atoms with Crippen molar-refractivity contribution in [3.8, 4) is 6.07 Å². The average molecular weight is 423 g/mol. The molecule has 0 bridgehead atoms. The van der Waals surface area contributed by atoms with Crippen molar-refractivity contribution in [2.45, 2.75) is 36.8 Å². The summed E-state index contributed by atoms with van der Waals surface area (Å²) in [6.07, 6.45) is -2.99. The molecule has 1 saturated heterocycles. The van der Waals surface area contributed by atoms with Crippen LogP contribution >= 0.6 is 0 Å². The Bertz CT molecular complexity index is 1140. The number of benzene rings is 1. The molecule has 3 aromatic rings. The molecular formula is C21H21N5O5. The molecule has 1 aromatic carbocycles. The molecule has 31 heavy (non-hydrogen) atoms. The molecule has 2 aromatic heterocycles. The number of carbonyl (C=O) groups is 1. The normalized spacial score (nSPS) is 26.5. The van der Waals surface area contributed by atoms with Crippen molar-refractivity contribution >= 4 is 17.3 Å². The van der Waals surface area contributed by atoms with Crippen molar-refractivity contribution < 1.29 is 24.5 Å². The van der Waals surface area contributed by atoms with E-state index >= 15 is 0 Å². The summed E-state index contributed by atoms with van der Waals surface area (Å²) in [5.41, 5.74) is 5.28. The van der Waals surface area contributed by atoms with E-state index in [0.717, 1.165) is 5.56 Å². The number of rotatable bonds is 5. The highest BCUT2D eigenvalue weighted by molar-refractivity contribution is 5.77. The maximum atomic E-state index is 12.4. The number of nitriles is 1. The van der Waals surface area contributed by atoms with Gasteiger partial charge in [-0.2, -0.15) is 10.4 Å². The van der Waals surface area contributed by atoms with Crippen LogP contribution in [0.3, 0.4) is 0 Å². The maximum absolute atomic E-state index is 12.4. The summed E-state index contributed by atoms with van der Waals surface area (Å²) in [7, 11) is 0. The number of aliphatic hydroxyl groups is 2. The molecule has 0 saturated carbocycles. The molecule has 160 valence electrons. The van der Waals surface area contributed by atoms with Gasteiger partial charge in [0.15, 0.2) is 5.82 Å². The topological polar surface area (TPSA) is 156 Å². The lowest BCUT2D eigenvalue weighted by Gasteiger charge is -2.24. The lowest BCUT2D eigenvalue weighted by atomic mass is 9.92. The zero-order valence-corrected chi connectivity index (χ0v) is 16.6. The first kappa shape index (κ1) is 20.7. The van der Waals surface area contributed by atoms with Gasteiger partial charge in [0.1, 0.15) is 42.8 Å². The molecule has 10 nitrogen and oxygen atoms in total. The first-order chi connectivity index (χ1) is 14.9. The third-order valence-electron chi connectivity index (χ3n) is 5.53. The standard InChI is InChI=1S/C21H21N5O5/c1-12(13-5-3-2-4-6-13)20(29)30-9-15-17(27)18(28)21(10-22,31-15)16-8-7-14-19(23)24-11-25-26(14)16/h2-8,11-12,15,17-18,27-28H,9H2,1H3,(H2,23,24,25)/t12-,15+,17+,18+,21-/m0/s1. The maximum Gasteiger partial charge on any atom is 0.313 e. The van der Waals surface area contributed by atoms with Crippen LogP contribution in [0, 0.1) is 11.3 Å². The van der Waals surface area contributed by atoms with Gasteiger partial charge in [0.2, 0.25) is 5.60 Å². The van der Waals surface area contributed by atoms with E-state index in [9.17, 15) is 20.3 Å². The summed E-state index contributed by atoms with van der Waals surface area (Å²) in [5.74, 6) is -0.859. The van der Waals surface area contributed by atoms with E-state index in [1.165, 1.54) is 16.9 Å². The Balaban J connectivity index is 1.55. The fourth-order valence-electron chi connectivity index (χ4n) is 3.72. The van der Waals surface area contributed by atoms with Gasteiger partial charge in [-0.25, -0.2) is 9.50 Å². The Kier molecular flexibility index (Phi) is 5.32. The second-order valence-electron chi connectivity index (χ2n) is 7.36. The van der Waals surface area contributed by atoms with E-state index in [1.54, 1.807) is 13.0 Å². The van der Waals surface area contributed by atoms with Crippen LogP contribution in [0.25, 0.3) is 5.52 Å². The van der Waals surface area contributed by atoms with Gasteiger partial charge in [0.25, 0.3) is 0 Å². The molecule has 1 aliphatic heterocycles. The van der Waals surface area contributed by atoms with Gasteiger partial charge in [0.05, 0.1) is 11.6 Å². The number of nitrogen functional groups attached to an aromatic ring is 1. The molecule has 1 fully saturated rings. The predicted octanol–water partition coefficient (Wildman–Crippen LogP) is 0.498. The Morgan fingerprint density at radius 2 is 2.10 bits per heavy atom. The highest BCUT2D eigenvalue weighted by Crippen LogP contribution is 2.40. The predicted molar refractivity (Wildman–Crippen MR) is 107 cm³/mol. The molecule has 4 rings (SSSR count). The van der Waals surface area contributed by atoms with E-state index in [-0.39, 0.29) is 18.1 Å². The molecular weight excluding hydrogens is 402 g/mol. The quantitative estimate of drug-likeness (QED) is 0.497. The number of nitrogens with two attached hydrogens (primary N) is 1. The van der Waals surface area contributed by atoms with Crippen molar-refractivity contribution in [3.05, 3.63) is 60.0 Å². The van der Waals surface area contributed by atoms with Crippen molar-refractivity contribution in [2.24, 2.45) is 0 Å².